The molecule has 0 atom stereocenters. The molecule has 0 fully saturated rings. The minimum Gasteiger partial charge on any atom is -0.478 e. The van der Waals surface area contributed by atoms with E-state index < -0.39 is 17.9 Å². The largest absolute Gasteiger partial charge is 0.478 e. The average molecular weight is 465 g/mol. The van der Waals surface area contributed by atoms with Crippen molar-refractivity contribution < 1.29 is 29.0 Å². The van der Waals surface area contributed by atoms with Crippen molar-refractivity contribution in [2.75, 3.05) is 13.2 Å². The number of carbonyl (C=O) groups excluding carboxylic acids is 2. The van der Waals surface area contributed by atoms with Crippen LogP contribution in [0.3, 0.4) is 0 Å². The second-order valence-corrected chi connectivity index (χ2v) is 7.98. The monoisotopic (exact) mass is 464 g/mol. The molecule has 0 aliphatic rings. The van der Waals surface area contributed by atoms with E-state index in [1.54, 1.807) is 13.8 Å². The molecule has 34 heavy (non-hydrogen) atoms. The topological polar surface area (TPSA) is 89.9 Å². The molecule has 0 radical (unpaired) electrons. The Labute approximate surface area is 201 Å². The molecule has 0 aliphatic heterocycles. The Kier molecular flexibility index (Phi) is 11.8. The Hall–Kier alpha value is -3.93. The summed E-state index contributed by atoms with van der Waals surface area (Å²) in [4.78, 5) is 33.0. The van der Waals surface area contributed by atoms with E-state index in [4.69, 9.17) is 14.6 Å². The Morgan fingerprint density at radius 3 is 1.53 bits per heavy atom. The number of hydrogen-bond acceptors (Lipinski definition) is 5. The van der Waals surface area contributed by atoms with Crippen LogP contribution >= 0.6 is 0 Å². The number of ether oxygens (including phenoxy) is 2. The summed E-state index contributed by atoms with van der Waals surface area (Å²) in [5, 5.41) is 7.89. The molecular formula is C28H32O6. The number of carboxylic acids is 1. The fraction of sp³-hybridized carbons (Fsp3) is 0.250. The van der Waals surface area contributed by atoms with Gasteiger partial charge in [0.1, 0.15) is 0 Å². The zero-order chi connectivity index (χ0) is 25.7. The summed E-state index contributed by atoms with van der Waals surface area (Å²) in [6, 6.07) is 18.3. The molecule has 0 bridgehead atoms. The summed E-state index contributed by atoms with van der Waals surface area (Å²) >= 11 is 0. The minimum absolute atomic E-state index is 0.148. The second-order valence-electron chi connectivity index (χ2n) is 7.98. The van der Waals surface area contributed by atoms with Gasteiger partial charge in [-0.1, -0.05) is 74.3 Å². The van der Waals surface area contributed by atoms with Crippen LogP contribution < -0.4 is 0 Å². The molecule has 0 saturated carbocycles. The maximum atomic E-state index is 11.7. The maximum Gasteiger partial charge on any atom is 0.333 e. The SMILES string of the molecule is C=C(C)C(=O)O.C=C(C)C(=O)OCC(COC(=O)C(=C)C)Cc1ccc(-c2ccccc2)cc1. The lowest BCUT2D eigenvalue weighted by Crippen LogP contribution is -2.23. The molecule has 1 N–H and O–H groups in total. The van der Waals surface area contributed by atoms with Crippen molar-refractivity contribution in [3.8, 4) is 11.1 Å². The quantitative estimate of drug-likeness (QED) is 0.374. The van der Waals surface area contributed by atoms with Gasteiger partial charge in [-0.25, -0.2) is 14.4 Å². The van der Waals surface area contributed by atoms with Gasteiger partial charge in [-0.2, -0.15) is 0 Å². The highest BCUT2D eigenvalue weighted by molar-refractivity contribution is 5.87. The van der Waals surface area contributed by atoms with E-state index in [-0.39, 0.29) is 24.7 Å². The molecule has 2 rings (SSSR count). The first-order valence-electron chi connectivity index (χ1n) is 10.7. The molecule has 6 heteroatoms. The smallest absolute Gasteiger partial charge is 0.333 e. The van der Waals surface area contributed by atoms with Crippen molar-refractivity contribution >= 4 is 17.9 Å². The van der Waals surface area contributed by atoms with Crippen molar-refractivity contribution in [2.24, 2.45) is 5.92 Å². The van der Waals surface area contributed by atoms with Crippen LogP contribution in [-0.2, 0) is 30.3 Å². The molecule has 180 valence electrons. The highest BCUT2D eigenvalue weighted by Gasteiger charge is 2.16. The van der Waals surface area contributed by atoms with Crippen molar-refractivity contribution in [2.45, 2.75) is 27.2 Å². The van der Waals surface area contributed by atoms with E-state index in [1.165, 1.54) is 6.92 Å². The summed E-state index contributed by atoms with van der Waals surface area (Å²) in [5.74, 6) is -1.99. The van der Waals surface area contributed by atoms with Gasteiger partial charge in [0.05, 0.1) is 13.2 Å². The van der Waals surface area contributed by atoms with Crippen molar-refractivity contribution in [3.05, 3.63) is 96.6 Å². The standard InChI is InChI=1S/C24H26O4.C4H6O2/c1-17(2)23(25)27-15-20(16-28-24(26)18(3)4)14-19-10-12-22(13-11-19)21-8-6-5-7-9-21;1-3(2)4(5)6/h5-13,20H,1,3,14-16H2,2,4H3;1H2,2H3,(H,5,6). The van der Waals surface area contributed by atoms with Gasteiger partial charge in [0.2, 0.25) is 0 Å². The Morgan fingerprint density at radius 2 is 1.15 bits per heavy atom. The minimum atomic E-state index is -0.935. The van der Waals surface area contributed by atoms with Crippen LogP contribution in [0.5, 0.6) is 0 Å². The third-order valence-corrected chi connectivity index (χ3v) is 4.55. The average Bonchev–Trinajstić information content (AvgIpc) is 2.81. The Bertz CT molecular complexity index is 977. The zero-order valence-corrected chi connectivity index (χ0v) is 20.0. The van der Waals surface area contributed by atoms with E-state index in [0.717, 1.165) is 16.7 Å². The van der Waals surface area contributed by atoms with Crippen molar-refractivity contribution in [1.82, 2.24) is 0 Å². The highest BCUT2D eigenvalue weighted by atomic mass is 16.5. The molecule has 0 heterocycles. The summed E-state index contributed by atoms with van der Waals surface area (Å²) in [6.07, 6.45) is 0.613. The molecule has 2 aromatic rings. The van der Waals surface area contributed by atoms with Gasteiger partial charge < -0.3 is 14.6 Å². The molecule has 0 unspecified atom stereocenters. The highest BCUT2D eigenvalue weighted by Crippen LogP contribution is 2.21. The normalized spacial score (nSPS) is 9.88. The predicted molar refractivity (Wildman–Crippen MR) is 133 cm³/mol. The van der Waals surface area contributed by atoms with Crippen LogP contribution in [0, 0.1) is 5.92 Å². The van der Waals surface area contributed by atoms with E-state index >= 15 is 0 Å². The van der Waals surface area contributed by atoms with Crippen molar-refractivity contribution in [3.63, 3.8) is 0 Å². The lowest BCUT2D eigenvalue weighted by molar-refractivity contribution is -0.144. The van der Waals surface area contributed by atoms with Gasteiger partial charge >= 0.3 is 17.9 Å². The van der Waals surface area contributed by atoms with Crippen LogP contribution in [0.15, 0.2) is 91.1 Å². The van der Waals surface area contributed by atoms with E-state index in [9.17, 15) is 14.4 Å². The number of carboxylic acid groups (broad SMARTS) is 1. The number of benzene rings is 2. The molecule has 0 aliphatic carbocycles. The molecule has 0 aromatic heterocycles. The van der Waals surface area contributed by atoms with Gasteiger partial charge in [-0.15, -0.1) is 0 Å². The summed E-state index contributed by atoms with van der Waals surface area (Å²) in [6.45, 7) is 15.3. The lowest BCUT2D eigenvalue weighted by atomic mass is 9.98. The van der Waals surface area contributed by atoms with E-state index in [0.29, 0.717) is 17.6 Å². The Morgan fingerprint density at radius 1 is 0.735 bits per heavy atom. The fourth-order valence-corrected chi connectivity index (χ4v) is 2.60. The third-order valence-electron chi connectivity index (χ3n) is 4.55. The maximum absolute atomic E-state index is 11.7. The van der Waals surface area contributed by atoms with Crippen molar-refractivity contribution in [1.29, 1.82) is 0 Å². The first-order chi connectivity index (χ1) is 16.0. The second kappa shape index (κ2) is 14.3. The third kappa shape index (κ3) is 10.6. The number of rotatable bonds is 10. The zero-order valence-electron chi connectivity index (χ0n) is 20.0. The first-order valence-corrected chi connectivity index (χ1v) is 10.7. The summed E-state index contributed by atoms with van der Waals surface area (Å²) < 4.78 is 10.5. The number of carbonyl (C=O) groups is 3. The van der Waals surface area contributed by atoms with Crippen LogP contribution in [0.4, 0.5) is 0 Å². The van der Waals surface area contributed by atoms with Gasteiger partial charge in [0.15, 0.2) is 0 Å². The number of aliphatic carboxylic acids is 1. The van der Waals surface area contributed by atoms with Crippen LogP contribution in [-0.4, -0.2) is 36.2 Å². The van der Waals surface area contributed by atoms with Gasteiger partial charge in [0, 0.05) is 22.6 Å². The van der Waals surface area contributed by atoms with Crippen LogP contribution in [0.25, 0.3) is 11.1 Å². The molecule has 2 aromatic carbocycles. The first kappa shape index (κ1) is 28.1. The van der Waals surface area contributed by atoms with Crippen LogP contribution in [0.2, 0.25) is 0 Å². The van der Waals surface area contributed by atoms with Gasteiger partial charge in [0.25, 0.3) is 0 Å². The summed E-state index contributed by atoms with van der Waals surface area (Å²) in [5.41, 5.74) is 4.20. The van der Waals surface area contributed by atoms with E-state index in [1.807, 2.05) is 30.3 Å². The summed E-state index contributed by atoms with van der Waals surface area (Å²) in [7, 11) is 0. The number of esters is 2. The van der Waals surface area contributed by atoms with Crippen LogP contribution in [0.1, 0.15) is 26.3 Å². The molecule has 0 amide bonds. The molecular weight excluding hydrogens is 432 g/mol. The fourth-order valence-electron chi connectivity index (χ4n) is 2.60. The molecule has 6 nitrogen and oxygen atoms in total. The molecule has 0 saturated heterocycles. The van der Waals surface area contributed by atoms with Gasteiger partial charge in [-0.3, -0.25) is 0 Å². The number of hydrogen-bond donors (Lipinski definition) is 1. The lowest BCUT2D eigenvalue weighted by Gasteiger charge is -2.18. The van der Waals surface area contributed by atoms with Gasteiger partial charge in [-0.05, 0) is 43.9 Å². The molecule has 0 spiro atoms. The Balaban J connectivity index is 0.000000852. The predicted octanol–water partition coefficient (Wildman–Crippen LogP) is 5.40. The van der Waals surface area contributed by atoms with E-state index in [2.05, 4.69) is 44.0 Å².